The zero-order valence-corrected chi connectivity index (χ0v) is 15.7. The molecule has 0 bridgehead atoms. The molecule has 0 fully saturated rings. The van der Waals surface area contributed by atoms with Crippen LogP contribution < -0.4 is 5.32 Å². The van der Waals surface area contributed by atoms with E-state index in [0.29, 0.717) is 10.6 Å². The number of fused-ring (bicyclic) bond motifs is 3. The van der Waals surface area contributed by atoms with E-state index < -0.39 is 4.92 Å². The van der Waals surface area contributed by atoms with Gasteiger partial charge in [-0.05, 0) is 28.6 Å². The minimum absolute atomic E-state index is 0.0446. The summed E-state index contributed by atoms with van der Waals surface area (Å²) < 4.78 is 0.898. The van der Waals surface area contributed by atoms with Gasteiger partial charge in [-0.3, -0.25) is 14.9 Å². The monoisotopic (exact) mass is 430 g/mol. The van der Waals surface area contributed by atoms with E-state index in [0.717, 1.165) is 26.5 Å². The fourth-order valence-electron chi connectivity index (χ4n) is 3.44. The number of nitro benzene ring substituents is 1. The summed E-state index contributed by atoms with van der Waals surface area (Å²) in [7, 11) is 0. The number of nitrogens with zero attached hydrogens (tertiary/aromatic N) is 1. The highest BCUT2D eigenvalue weighted by molar-refractivity contribution is 9.10. The van der Waals surface area contributed by atoms with Gasteiger partial charge in [0.1, 0.15) is 0 Å². The number of anilines is 1. The standard InChI is InChI=1S/C19H12BrClN2O3/c20-16-8-15-13(14-7-10(23(25)26)5-6-17(14)21)9-18(24)22-19(15)12-4-2-1-3-11(12)16/h1-8,13H,9H2,(H,22,24)/t13-/m0/s1. The molecule has 1 N–H and O–H groups in total. The van der Waals surface area contributed by atoms with Gasteiger partial charge in [0.2, 0.25) is 5.91 Å². The molecule has 1 aliphatic rings. The van der Waals surface area contributed by atoms with Crippen molar-refractivity contribution in [1.82, 2.24) is 0 Å². The summed E-state index contributed by atoms with van der Waals surface area (Å²) in [5.74, 6) is -0.496. The summed E-state index contributed by atoms with van der Waals surface area (Å²) in [4.78, 5) is 23.1. The van der Waals surface area contributed by atoms with Gasteiger partial charge in [0.25, 0.3) is 5.69 Å². The molecule has 0 unspecified atom stereocenters. The van der Waals surface area contributed by atoms with Gasteiger partial charge in [-0.25, -0.2) is 0 Å². The summed E-state index contributed by atoms with van der Waals surface area (Å²) in [5, 5.41) is 16.4. The Morgan fingerprint density at radius 2 is 1.85 bits per heavy atom. The van der Waals surface area contributed by atoms with Crippen molar-refractivity contribution >= 4 is 55.6 Å². The SMILES string of the molecule is O=C1C[C@@H](c2cc([N+](=O)[O-])ccc2Cl)c2cc(Br)c3ccccc3c2N1. The van der Waals surface area contributed by atoms with Gasteiger partial charge < -0.3 is 5.32 Å². The number of carbonyl (C=O) groups is 1. The van der Waals surface area contributed by atoms with Crippen LogP contribution in [0.2, 0.25) is 5.02 Å². The second kappa shape index (κ2) is 6.37. The van der Waals surface area contributed by atoms with Gasteiger partial charge in [-0.15, -0.1) is 0 Å². The van der Waals surface area contributed by atoms with E-state index in [1.165, 1.54) is 18.2 Å². The number of benzene rings is 3. The number of nitro groups is 1. The average molecular weight is 432 g/mol. The number of non-ortho nitro benzene ring substituents is 1. The second-order valence-corrected chi connectivity index (χ2v) is 7.40. The molecule has 1 atom stereocenters. The Labute approximate surface area is 162 Å². The van der Waals surface area contributed by atoms with Crippen molar-refractivity contribution in [1.29, 1.82) is 0 Å². The maximum atomic E-state index is 12.4. The molecule has 0 spiro atoms. The minimum atomic E-state index is -0.458. The molecule has 5 nitrogen and oxygen atoms in total. The number of amides is 1. The number of carbonyl (C=O) groups excluding carboxylic acids is 1. The Balaban J connectivity index is 1.98. The van der Waals surface area contributed by atoms with Crippen LogP contribution in [0, 0.1) is 10.1 Å². The van der Waals surface area contributed by atoms with Crippen LogP contribution in [0.25, 0.3) is 10.8 Å². The Morgan fingerprint density at radius 1 is 1.12 bits per heavy atom. The molecule has 1 heterocycles. The lowest BCUT2D eigenvalue weighted by Gasteiger charge is -2.28. The molecule has 1 amide bonds. The van der Waals surface area contributed by atoms with Crippen LogP contribution >= 0.6 is 27.5 Å². The fourth-order valence-corrected chi connectivity index (χ4v) is 4.28. The molecular weight excluding hydrogens is 420 g/mol. The first-order valence-electron chi connectivity index (χ1n) is 7.90. The molecule has 130 valence electrons. The first-order chi connectivity index (χ1) is 12.5. The largest absolute Gasteiger partial charge is 0.325 e. The average Bonchev–Trinajstić information content (AvgIpc) is 2.62. The first-order valence-corrected chi connectivity index (χ1v) is 9.07. The van der Waals surface area contributed by atoms with E-state index in [2.05, 4.69) is 21.2 Å². The van der Waals surface area contributed by atoms with Gasteiger partial charge in [0.05, 0.1) is 10.6 Å². The van der Waals surface area contributed by atoms with Crippen LogP contribution in [-0.2, 0) is 4.79 Å². The maximum Gasteiger partial charge on any atom is 0.269 e. The van der Waals surface area contributed by atoms with E-state index in [4.69, 9.17) is 11.6 Å². The number of nitrogens with one attached hydrogen (secondary N) is 1. The molecule has 4 rings (SSSR count). The first kappa shape index (κ1) is 17.0. The molecule has 0 aliphatic carbocycles. The van der Waals surface area contributed by atoms with Gasteiger partial charge in [0, 0.05) is 39.4 Å². The molecule has 26 heavy (non-hydrogen) atoms. The van der Waals surface area contributed by atoms with Crippen molar-refractivity contribution in [3.8, 4) is 0 Å². The summed E-state index contributed by atoms with van der Waals surface area (Å²) in [6.45, 7) is 0. The molecule has 3 aromatic carbocycles. The number of hydrogen-bond donors (Lipinski definition) is 1. The van der Waals surface area contributed by atoms with Gasteiger partial charge >= 0.3 is 0 Å². The van der Waals surface area contributed by atoms with E-state index in [9.17, 15) is 14.9 Å². The van der Waals surface area contributed by atoms with Crippen molar-refractivity contribution < 1.29 is 9.72 Å². The van der Waals surface area contributed by atoms with Crippen molar-refractivity contribution in [3.05, 3.63) is 79.3 Å². The number of hydrogen-bond acceptors (Lipinski definition) is 3. The van der Waals surface area contributed by atoms with Crippen LogP contribution in [0.1, 0.15) is 23.5 Å². The predicted molar refractivity (Wildman–Crippen MR) is 105 cm³/mol. The molecule has 1 aliphatic heterocycles. The number of rotatable bonds is 2. The lowest BCUT2D eigenvalue weighted by Crippen LogP contribution is -2.24. The second-order valence-electron chi connectivity index (χ2n) is 6.14. The molecule has 0 saturated heterocycles. The summed E-state index contributed by atoms with van der Waals surface area (Å²) >= 11 is 9.93. The molecule has 3 aromatic rings. The Hall–Kier alpha value is -2.44. The molecular formula is C19H12BrClN2O3. The third-order valence-corrected chi connectivity index (χ3v) is 5.62. The van der Waals surface area contributed by atoms with Crippen molar-refractivity contribution in [2.45, 2.75) is 12.3 Å². The maximum absolute atomic E-state index is 12.4. The van der Waals surface area contributed by atoms with Gasteiger partial charge in [-0.2, -0.15) is 0 Å². The zero-order chi connectivity index (χ0) is 18.4. The Bertz CT molecular complexity index is 1080. The number of halogens is 2. The summed E-state index contributed by atoms with van der Waals surface area (Å²) in [5.41, 5.74) is 2.15. The molecule has 7 heteroatoms. The highest BCUT2D eigenvalue weighted by Gasteiger charge is 2.30. The van der Waals surface area contributed by atoms with E-state index >= 15 is 0 Å². The summed E-state index contributed by atoms with van der Waals surface area (Å²) in [6, 6.07) is 14.0. The lowest BCUT2D eigenvalue weighted by atomic mass is 9.83. The van der Waals surface area contributed by atoms with Gasteiger partial charge in [0.15, 0.2) is 0 Å². The van der Waals surface area contributed by atoms with Crippen LogP contribution in [0.5, 0.6) is 0 Å². The van der Waals surface area contributed by atoms with E-state index in [-0.39, 0.29) is 23.9 Å². The smallest absolute Gasteiger partial charge is 0.269 e. The van der Waals surface area contributed by atoms with Crippen molar-refractivity contribution in [3.63, 3.8) is 0 Å². The van der Waals surface area contributed by atoms with Crippen LogP contribution in [0.15, 0.2) is 53.0 Å². The predicted octanol–water partition coefficient (Wildman–Crippen LogP) is 5.64. The van der Waals surface area contributed by atoms with E-state index in [1.807, 2.05) is 30.3 Å². The Morgan fingerprint density at radius 3 is 2.58 bits per heavy atom. The highest BCUT2D eigenvalue weighted by atomic mass is 79.9. The Kier molecular flexibility index (Phi) is 4.17. The normalized spacial score (nSPS) is 16.2. The van der Waals surface area contributed by atoms with E-state index in [1.54, 1.807) is 0 Å². The fraction of sp³-hybridized carbons (Fsp3) is 0.105. The minimum Gasteiger partial charge on any atom is -0.325 e. The van der Waals surface area contributed by atoms with Crippen LogP contribution in [0.3, 0.4) is 0 Å². The molecule has 0 aromatic heterocycles. The van der Waals surface area contributed by atoms with Crippen molar-refractivity contribution in [2.24, 2.45) is 0 Å². The zero-order valence-electron chi connectivity index (χ0n) is 13.3. The highest BCUT2D eigenvalue weighted by Crippen LogP contribution is 2.45. The summed E-state index contributed by atoms with van der Waals surface area (Å²) in [6.07, 6.45) is 0.179. The van der Waals surface area contributed by atoms with Crippen molar-refractivity contribution in [2.75, 3.05) is 5.32 Å². The third-order valence-electron chi connectivity index (χ3n) is 4.62. The van der Waals surface area contributed by atoms with Crippen LogP contribution in [-0.4, -0.2) is 10.8 Å². The molecule has 0 radical (unpaired) electrons. The lowest BCUT2D eigenvalue weighted by molar-refractivity contribution is -0.384. The third kappa shape index (κ3) is 2.75. The van der Waals surface area contributed by atoms with Crippen LogP contribution in [0.4, 0.5) is 11.4 Å². The topological polar surface area (TPSA) is 72.2 Å². The molecule has 0 saturated carbocycles. The van der Waals surface area contributed by atoms with Gasteiger partial charge in [-0.1, -0.05) is 51.8 Å². The quantitative estimate of drug-likeness (QED) is 0.422.